The van der Waals surface area contributed by atoms with E-state index in [4.69, 9.17) is 9.84 Å². The standard InChI is InChI=1S/C20H20O4S2/c21-18(22)5-3-1-2-4-6-19(23)24-16-13-15-10-11-25-17(15)8-7-14-9-12-26-20(14)16/h9-12,16H,1-6,13H2,(H,21,22). The van der Waals surface area contributed by atoms with E-state index in [0.717, 1.165) is 40.1 Å². The quantitative estimate of drug-likeness (QED) is 0.402. The Kier molecular flexibility index (Phi) is 6.48. The van der Waals surface area contributed by atoms with Crippen molar-refractivity contribution in [1.29, 1.82) is 0 Å². The van der Waals surface area contributed by atoms with Crippen LogP contribution in [0.5, 0.6) is 0 Å². The van der Waals surface area contributed by atoms with Crippen molar-refractivity contribution in [2.45, 2.75) is 51.0 Å². The first-order chi connectivity index (χ1) is 12.6. The molecule has 1 aliphatic carbocycles. The summed E-state index contributed by atoms with van der Waals surface area (Å²) in [7, 11) is 0. The van der Waals surface area contributed by atoms with Crippen molar-refractivity contribution < 1.29 is 19.4 Å². The Bertz CT molecular complexity index is 837. The highest BCUT2D eigenvalue weighted by Crippen LogP contribution is 2.33. The molecule has 2 aromatic heterocycles. The van der Waals surface area contributed by atoms with Crippen LogP contribution in [0.15, 0.2) is 22.9 Å². The van der Waals surface area contributed by atoms with Gasteiger partial charge in [0.1, 0.15) is 6.10 Å². The first kappa shape index (κ1) is 18.7. The minimum absolute atomic E-state index is 0.192. The fourth-order valence-electron chi connectivity index (χ4n) is 2.91. The normalized spacial score (nSPS) is 15.0. The van der Waals surface area contributed by atoms with Gasteiger partial charge in [0.2, 0.25) is 0 Å². The molecule has 0 aromatic carbocycles. The van der Waals surface area contributed by atoms with Crippen molar-refractivity contribution in [3.05, 3.63) is 43.8 Å². The molecule has 4 nitrogen and oxygen atoms in total. The number of ether oxygens (including phenoxy) is 1. The molecule has 26 heavy (non-hydrogen) atoms. The molecule has 0 amide bonds. The maximum absolute atomic E-state index is 12.3. The highest BCUT2D eigenvalue weighted by atomic mass is 32.1. The summed E-state index contributed by atoms with van der Waals surface area (Å²) >= 11 is 3.20. The largest absolute Gasteiger partial charge is 0.481 e. The number of aliphatic carboxylic acids is 1. The van der Waals surface area contributed by atoms with E-state index in [1.807, 2.05) is 16.8 Å². The van der Waals surface area contributed by atoms with Gasteiger partial charge in [-0.25, -0.2) is 0 Å². The predicted molar refractivity (Wildman–Crippen MR) is 102 cm³/mol. The number of hydrogen-bond acceptors (Lipinski definition) is 5. The zero-order valence-electron chi connectivity index (χ0n) is 14.3. The summed E-state index contributed by atoms with van der Waals surface area (Å²) in [6.45, 7) is 0. The third kappa shape index (κ3) is 4.96. The molecule has 0 radical (unpaired) electrons. The summed E-state index contributed by atoms with van der Waals surface area (Å²) in [5, 5.41) is 12.6. The number of esters is 1. The lowest BCUT2D eigenvalue weighted by atomic mass is 10.0. The van der Waals surface area contributed by atoms with Gasteiger partial charge in [0.25, 0.3) is 0 Å². The van der Waals surface area contributed by atoms with Gasteiger partial charge in [-0.1, -0.05) is 24.7 Å². The molecule has 0 saturated carbocycles. The third-order valence-corrected chi connectivity index (χ3v) is 6.13. The molecule has 2 aromatic rings. The molecule has 1 atom stereocenters. The van der Waals surface area contributed by atoms with Crippen molar-refractivity contribution in [3.63, 3.8) is 0 Å². The van der Waals surface area contributed by atoms with E-state index in [-0.39, 0.29) is 18.5 Å². The van der Waals surface area contributed by atoms with Gasteiger partial charge in [-0.05, 0) is 41.3 Å². The summed E-state index contributed by atoms with van der Waals surface area (Å²) in [4.78, 5) is 24.8. The Morgan fingerprint density at radius 2 is 1.85 bits per heavy atom. The number of hydrogen-bond donors (Lipinski definition) is 1. The Labute approximate surface area is 160 Å². The molecule has 0 fully saturated rings. The van der Waals surface area contributed by atoms with Gasteiger partial charge in [-0.15, -0.1) is 22.7 Å². The number of thiophene rings is 2. The Morgan fingerprint density at radius 3 is 2.65 bits per heavy atom. The average Bonchev–Trinajstić information content (AvgIpc) is 3.22. The molecule has 136 valence electrons. The number of carbonyl (C=O) groups is 2. The van der Waals surface area contributed by atoms with E-state index in [1.165, 1.54) is 0 Å². The van der Waals surface area contributed by atoms with Crippen LogP contribution in [0, 0.1) is 11.8 Å². The first-order valence-corrected chi connectivity index (χ1v) is 10.5. The third-order valence-electron chi connectivity index (χ3n) is 4.25. The predicted octanol–water partition coefficient (Wildman–Crippen LogP) is 4.78. The molecule has 0 saturated heterocycles. The summed E-state index contributed by atoms with van der Waals surface area (Å²) in [6.07, 6.45) is 3.99. The van der Waals surface area contributed by atoms with Gasteiger partial charge in [0.05, 0.1) is 9.75 Å². The van der Waals surface area contributed by atoms with E-state index in [2.05, 4.69) is 17.9 Å². The van der Waals surface area contributed by atoms with Crippen LogP contribution < -0.4 is 0 Å². The number of carbonyl (C=O) groups excluding carboxylic acids is 1. The van der Waals surface area contributed by atoms with Gasteiger partial charge >= 0.3 is 11.9 Å². The van der Waals surface area contributed by atoms with Gasteiger partial charge in [0.15, 0.2) is 0 Å². The zero-order valence-corrected chi connectivity index (χ0v) is 16.0. The maximum Gasteiger partial charge on any atom is 0.306 e. The molecule has 0 spiro atoms. The second-order valence-electron chi connectivity index (χ2n) is 6.21. The minimum atomic E-state index is -0.767. The molecule has 3 rings (SSSR count). The lowest BCUT2D eigenvalue weighted by Gasteiger charge is -2.18. The van der Waals surface area contributed by atoms with Gasteiger partial charge < -0.3 is 9.84 Å². The minimum Gasteiger partial charge on any atom is -0.481 e. The average molecular weight is 389 g/mol. The van der Waals surface area contributed by atoms with Crippen LogP contribution in [-0.2, 0) is 20.7 Å². The van der Waals surface area contributed by atoms with Gasteiger partial charge in [-0.2, -0.15) is 0 Å². The number of fused-ring (bicyclic) bond motifs is 2. The van der Waals surface area contributed by atoms with Crippen LogP contribution in [0.4, 0.5) is 0 Å². The van der Waals surface area contributed by atoms with Gasteiger partial charge in [-0.3, -0.25) is 9.59 Å². The molecule has 6 heteroatoms. The monoisotopic (exact) mass is 388 g/mol. The van der Waals surface area contributed by atoms with Crippen LogP contribution in [-0.4, -0.2) is 17.0 Å². The van der Waals surface area contributed by atoms with Crippen molar-refractivity contribution in [2.24, 2.45) is 0 Å². The van der Waals surface area contributed by atoms with Crippen LogP contribution in [0.2, 0.25) is 0 Å². The second-order valence-corrected chi connectivity index (χ2v) is 8.08. The Hall–Kier alpha value is -2.10. The smallest absolute Gasteiger partial charge is 0.306 e. The van der Waals surface area contributed by atoms with Crippen LogP contribution in [0.25, 0.3) is 0 Å². The molecule has 1 unspecified atom stereocenters. The second kappa shape index (κ2) is 9.02. The zero-order chi connectivity index (χ0) is 18.4. The fourth-order valence-corrected chi connectivity index (χ4v) is 4.57. The molecule has 1 N–H and O–H groups in total. The van der Waals surface area contributed by atoms with Gasteiger partial charge in [0, 0.05) is 24.8 Å². The number of unbranched alkanes of at least 4 members (excludes halogenated alkanes) is 3. The summed E-state index contributed by atoms with van der Waals surface area (Å²) < 4.78 is 5.80. The van der Waals surface area contributed by atoms with Crippen molar-refractivity contribution >= 4 is 34.6 Å². The topological polar surface area (TPSA) is 63.6 Å². The summed E-state index contributed by atoms with van der Waals surface area (Å²) in [5.74, 6) is 5.45. The van der Waals surface area contributed by atoms with E-state index in [1.54, 1.807) is 22.7 Å². The van der Waals surface area contributed by atoms with E-state index in [0.29, 0.717) is 19.3 Å². The lowest BCUT2D eigenvalue weighted by Crippen LogP contribution is -2.14. The summed E-state index contributed by atoms with van der Waals surface area (Å²) in [5.41, 5.74) is 2.08. The van der Waals surface area contributed by atoms with E-state index in [9.17, 15) is 9.59 Å². The summed E-state index contributed by atoms with van der Waals surface area (Å²) in [6, 6.07) is 4.03. The van der Waals surface area contributed by atoms with Crippen LogP contribution in [0.1, 0.15) is 65.5 Å². The number of carboxylic acids is 1. The van der Waals surface area contributed by atoms with E-state index < -0.39 is 5.97 Å². The van der Waals surface area contributed by atoms with Crippen LogP contribution in [0.3, 0.4) is 0 Å². The van der Waals surface area contributed by atoms with Crippen molar-refractivity contribution in [3.8, 4) is 11.8 Å². The fraction of sp³-hybridized carbons (Fsp3) is 0.400. The molecule has 0 aliphatic heterocycles. The molecule has 1 aliphatic rings. The van der Waals surface area contributed by atoms with E-state index >= 15 is 0 Å². The maximum atomic E-state index is 12.3. The first-order valence-electron chi connectivity index (χ1n) is 8.70. The number of carboxylic acid groups (broad SMARTS) is 1. The highest BCUT2D eigenvalue weighted by Gasteiger charge is 2.24. The Morgan fingerprint density at radius 1 is 1.08 bits per heavy atom. The molecule has 2 heterocycles. The van der Waals surface area contributed by atoms with Crippen molar-refractivity contribution in [1.82, 2.24) is 0 Å². The van der Waals surface area contributed by atoms with Crippen molar-refractivity contribution in [2.75, 3.05) is 0 Å². The molecule has 0 bridgehead atoms. The highest BCUT2D eigenvalue weighted by molar-refractivity contribution is 7.11. The Balaban J connectivity index is 1.55. The van der Waals surface area contributed by atoms with Crippen LogP contribution >= 0.6 is 22.7 Å². The lowest BCUT2D eigenvalue weighted by molar-refractivity contribution is -0.149. The number of rotatable bonds is 8. The molecular weight excluding hydrogens is 368 g/mol. The molecular formula is C20H20O4S2. The SMILES string of the molecule is O=C(O)CCCCCCC(=O)OC1Cc2ccsc2C#Cc2ccsc21.